The van der Waals surface area contributed by atoms with Crippen molar-refractivity contribution in [3.8, 4) is 0 Å². The summed E-state index contributed by atoms with van der Waals surface area (Å²) in [5.41, 5.74) is 0. The summed E-state index contributed by atoms with van der Waals surface area (Å²) in [4.78, 5) is 13.6. The number of carbonyl (C=O) groups is 1. The highest BCUT2D eigenvalue weighted by Crippen LogP contribution is 2.18. The first-order valence-corrected chi connectivity index (χ1v) is 6.48. The molecule has 0 aliphatic heterocycles. The van der Waals surface area contributed by atoms with E-state index >= 15 is 0 Å². The zero-order valence-corrected chi connectivity index (χ0v) is 11.2. The van der Waals surface area contributed by atoms with Gasteiger partial charge in [-0.2, -0.15) is 0 Å². The Kier molecular flexibility index (Phi) is 6.32. The lowest BCUT2D eigenvalue weighted by Crippen LogP contribution is -2.47. The van der Waals surface area contributed by atoms with Crippen LogP contribution in [-0.2, 0) is 4.79 Å². The summed E-state index contributed by atoms with van der Waals surface area (Å²) in [6.07, 6.45) is 4.78. The summed E-state index contributed by atoms with van der Waals surface area (Å²) in [5, 5.41) is 22.3. The van der Waals surface area contributed by atoms with Crippen LogP contribution in [0, 0.1) is 0 Å². The summed E-state index contributed by atoms with van der Waals surface area (Å²) in [7, 11) is 3.85. The predicted octanol–water partition coefficient (Wildman–Crippen LogP) is -0.115. The molecule has 0 spiro atoms. The van der Waals surface area contributed by atoms with E-state index in [0.29, 0.717) is 19.4 Å². The van der Waals surface area contributed by atoms with Crippen molar-refractivity contribution < 1.29 is 15.0 Å². The Labute approximate surface area is 108 Å². The van der Waals surface area contributed by atoms with Crippen LogP contribution >= 0.6 is 0 Å². The quantitative estimate of drug-likeness (QED) is 0.484. The number of rotatable bonds is 4. The van der Waals surface area contributed by atoms with Crippen molar-refractivity contribution in [1.82, 2.24) is 10.2 Å². The molecule has 1 aliphatic carbocycles. The highest BCUT2D eigenvalue weighted by molar-refractivity contribution is 5.87. The molecule has 3 N–H and O–H groups in total. The zero-order valence-electron chi connectivity index (χ0n) is 11.2. The minimum Gasteiger partial charge on any atom is -0.390 e. The third-order valence-corrected chi connectivity index (χ3v) is 3.14. The van der Waals surface area contributed by atoms with Gasteiger partial charge in [0.2, 0.25) is 5.91 Å². The monoisotopic (exact) mass is 256 g/mol. The molecule has 5 nitrogen and oxygen atoms in total. The van der Waals surface area contributed by atoms with E-state index < -0.39 is 12.2 Å². The summed E-state index contributed by atoms with van der Waals surface area (Å²) in [6.45, 7) is 0.698. The second-order valence-corrected chi connectivity index (χ2v) is 5.12. The van der Waals surface area contributed by atoms with E-state index in [9.17, 15) is 15.0 Å². The van der Waals surface area contributed by atoms with Gasteiger partial charge in [-0.05, 0) is 26.9 Å². The van der Waals surface area contributed by atoms with Crippen LogP contribution in [0.2, 0.25) is 0 Å². The number of aliphatic hydroxyl groups is 2. The summed E-state index contributed by atoms with van der Waals surface area (Å²) in [6, 6.07) is -0.348. The van der Waals surface area contributed by atoms with Gasteiger partial charge in [0.15, 0.2) is 0 Å². The van der Waals surface area contributed by atoms with Crippen LogP contribution in [0.15, 0.2) is 12.2 Å². The van der Waals surface area contributed by atoms with Gasteiger partial charge in [0.25, 0.3) is 0 Å². The van der Waals surface area contributed by atoms with Crippen molar-refractivity contribution in [2.75, 3.05) is 20.6 Å². The number of nitrogens with one attached hydrogen (secondary N) is 1. The fourth-order valence-electron chi connectivity index (χ4n) is 2.09. The molecule has 0 heterocycles. The topological polar surface area (TPSA) is 72.8 Å². The van der Waals surface area contributed by atoms with Crippen LogP contribution in [0.1, 0.15) is 25.7 Å². The molecule has 1 saturated carbocycles. The van der Waals surface area contributed by atoms with Crippen molar-refractivity contribution in [2.24, 2.45) is 0 Å². The molecule has 0 bridgehead atoms. The molecular formula is C13H24N2O3. The van der Waals surface area contributed by atoms with E-state index in [1.165, 1.54) is 6.08 Å². The number of amides is 1. The van der Waals surface area contributed by atoms with Gasteiger partial charge in [-0.3, -0.25) is 4.79 Å². The molecule has 0 aromatic carbocycles. The highest BCUT2D eigenvalue weighted by atomic mass is 16.3. The first-order valence-electron chi connectivity index (χ1n) is 6.48. The van der Waals surface area contributed by atoms with Crippen LogP contribution in [-0.4, -0.2) is 59.9 Å². The van der Waals surface area contributed by atoms with Crippen LogP contribution in [0.25, 0.3) is 0 Å². The Balaban J connectivity index is 2.44. The summed E-state index contributed by atoms with van der Waals surface area (Å²) in [5.74, 6) is -0.213. The Hall–Kier alpha value is -0.910. The molecule has 18 heavy (non-hydrogen) atoms. The number of hydrogen-bond donors (Lipinski definition) is 3. The van der Waals surface area contributed by atoms with Gasteiger partial charge in [-0.15, -0.1) is 0 Å². The average molecular weight is 256 g/mol. The molecule has 1 aliphatic rings. The Bertz CT molecular complexity index is 292. The Morgan fingerprint density at radius 2 is 2.00 bits per heavy atom. The number of aliphatic hydroxyl groups excluding tert-OH is 2. The minimum absolute atomic E-state index is 0.213. The normalized spacial score (nSPS) is 29.5. The van der Waals surface area contributed by atoms with Crippen molar-refractivity contribution in [2.45, 2.75) is 43.9 Å². The van der Waals surface area contributed by atoms with Gasteiger partial charge in [0.1, 0.15) is 0 Å². The molecule has 1 fully saturated rings. The van der Waals surface area contributed by atoms with Crippen LogP contribution in [0.5, 0.6) is 0 Å². The molecule has 1 amide bonds. The van der Waals surface area contributed by atoms with Crippen molar-refractivity contribution in [3.05, 3.63) is 12.2 Å². The van der Waals surface area contributed by atoms with Crippen LogP contribution < -0.4 is 5.32 Å². The molecule has 0 saturated heterocycles. The maximum atomic E-state index is 11.6. The number of carbonyl (C=O) groups excluding carboxylic acids is 1. The number of hydrogen-bond acceptors (Lipinski definition) is 4. The van der Waals surface area contributed by atoms with Gasteiger partial charge < -0.3 is 20.4 Å². The highest BCUT2D eigenvalue weighted by Gasteiger charge is 2.29. The van der Waals surface area contributed by atoms with E-state index in [1.54, 1.807) is 6.08 Å². The number of nitrogens with zero attached hydrogens (tertiary/aromatic N) is 1. The molecule has 5 heteroatoms. The second kappa shape index (κ2) is 7.51. The fraction of sp³-hybridized carbons (Fsp3) is 0.769. The van der Waals surface area contributed by atoms with Gasteiger partial charge in [-0.1, -0.05) is 18.9 Å². The van der Waals surface area contributed by atoms with Gasteiger partial charge >= 0.3 is 0 Å². The fourth-order valence-corrected chi connectivity index (χ4v) is 2.09. The van der Waals surface area contributed by atoms with E-state index in [0.717, 1.165) is 12.8 Å². The second-order valence-electron chi connectivity index (χ2n) is 5.12. The van der Waals surface area contributed by atoms with Crippen molar-refractivity contribution >= 4 is 5.91 Å². The standard InChI is InChI=1S/C13H24N2O3/c1-15(2)9-5-8-12(17)14-10-6-3-4-7-11(16)13(10)18/h5,8,10-11,13,16,18H,3-4,6-7,9H2,1-2H3,(H,14,17)/b8-5+/t10-,11-,13-/m1/s1. The lowest BCUT2D eigenvalue weighted by atomic mass is 10.0. The molecule has 0 aromatic rings. The maximum Gasteiger partial charge on any atom is 0.244 e. The molecule has 1 rings (SSSR count). The molecule has 3 atom stereocenters. The van der Waals surface area contributed by atoms with Crippen molar-refractivity contribution in [3.63, 3.8) is 0 Å². The van der Waals surface area contributed by atoms with Gasteiger partial charge in [0, 0.05) is 12.6 Å². The molecule has 0 unspecified atom stereocenters. The van der Waals surface area contributed by atoms with E-state index in [-0.39, 0.29) is 11.9 Å². The Morgan fingerprint density at radius 3 is 2.67 bits per heavy atom. The lowest BCUT2D eigenvalue weighted by molar-refractivity contribution is -0.118. The third-order valence-electron chi connectivity index (χ3n) is 3.14. The summed E-state index contributed by atoms with van der Waals surface area (Å²) < 4.78 is 0. The molecule has 104 valence electrons. The van der Waals surface area contributed by atoms with Crippen LogP contribution in [0.3, 0.4) is 0 Å². The van der Waals surface area contributed by atoms with Gasteiger partial charge in [0.05, 0.1) is 18.2 Å². The van der Waals surface area contributed by atoms with Gasteiger partial charge in [-0.25, -0.2) is 0 Å². The van der Waals surface area contributed by atoms with E-state index in [2.05, 4.69) is 5.32 Å². The lowest BCUT2D eigenvalue weighted by Gasteiger charge is -2.24. The number of likely N-dealkylation sites (N-methyl/N-ethyl adjacent to an activating group) is 1. The smallest absolute Gasteiger partial charge is 0.244 e. The zero-order chi connectivity index (χ0) is 13.5. The largest absolute Gasteiger partial charge is 0.390 e. The third kappa shape index (κ3) is 5.16. The van der Waals surface area contributed by atoms with Crippen LogP contribution in [0.4, 0.5) is 0 Å². The Morgan fingerprint density at radius 1 is 1.33 bits per heavy atom. The first-order chi connectivity index (χ1) is 8.50. The molecule has 0 aromatic heterocycles. The maximum absolute atomic E-state index is 11.6. The SMILES string of the molecule is CN(C)C/C=C/C(=O)N[C@@H]1CCCC[C@@H](O)[C@@H]1O. The minimum atomic E-state index is -0.862. The predicted molar refractivity (Wildman–Crippen MR) is 70.1 cm³/mol. The van der Waals surface area contributed by atoms with Crippen molar-refractivity contribution in [1.29, 1.82) is 0 Å². The molecule has 0 radical (unpaired) electrons. The first kappa shape index (κ1) is 15.1. The summed E-state index contributed by atoms with van der Waals surface area (Å²) >= 11 is 0. The van der Waals surface area contributed by atoms with E-state index in [1.807, 2.05) is 19.0 Å². The molecular weight excluding hydrogens is 232 g/mol. The average Bonchev–Trinajstić information content (AvgIpc) is 2.44. The van der Waals surface area contributed by atoms with E-state index in [4.69, 9.17) is 0 Å².